The predicted molar refractivity (Wildman–Crippen MR) is 92.9 cm³/mol. The van der Waals surface area contributed by atoms with Gasteiger partial charge in [0.1, 0.15) is 5.01 Å². The first-order valence-corrected chi connectivity index (χ1v) is 8.67. The zero-order valence-electron chi connectivity index (χ0n) is 12.2. The molecule has 1 fully saturated rings. The van der Waals surface area contributed by atoms with Gasteiger partial charge in [0.25, 0.3) is 0 Å². The number of carboxylic acids is 1. The van der Waals surface area contributed by atoms with Crippen LogP contribution >= 0.6 is 22.7 Å². The molecule has 2 aromatic rings. The molecule has 0 aliphatic carbocycles. The largest absolute Gasteiger partial charge is 0.478 e. The first kappa shape index (κ1) is 15.9. The fourth-order valence-electron chi connectivity index (χ4n) is 2.02. The lowest BCUT2D eigenvalue weighted by molar-refractivity contribution is -0.131. The Morgan fingerprint density at radius 3 is 2.65 bits per heavy atom. The molecule has 6 nitrogen and oxygen atoms in total. The lowest BCUT2D eigenvalue weighted by Gasteiger charge is -2.25. The second-order valence-electron chi connectivity index (χ2n) is 4.75. The molecule has 23 heavy (non-hydrogen) atoms. The molecule has 0 radical (unpaired) electrons. The monoisotopic (exact) mass is 349 g/mol. The van der Waals surface area contributed by atoms with E-state index in [0.717, 1.165) is 52.3 Å². The lowest BCUT2D eigenvalue weighted by Crippen LogP contribution is -2.36. The topological polar surface area (TPSA) is 75.5 Å². The molecule has 0 amide bonds. The zero-order valence-corrected chi connectivity index (χ0v) is 13.8. The van der Waals surface area contributed by atoms with Crippen molar-refractivity contribution in [3.05, 3.63) is 33.2 Å². The number of ether oxygens (including phenoxy) is 1. The Morgan fingerprint density at radius 2 is 1.87 bits per heavy atom. The summed E-state index contributed by atoms with van der Waals surface area (Å²) in [6, 6.07) is 0. The molecule has 3 rings (SSSR count). The maximum absolute atomic E-state index is 10.5. The van der Waals surface area contributed by atoms with Gasteiger partial charge in [-0.15, -0.1) is 11.3 Å². The van der Waals surface area contributed by atoms with Gasteiger partial charge in [-0.25, -0.2) is 14.8 Å². The van der Waals surface area contributed by atoms with Crippen molar-refractivity contribution in [3.8, 4) is 0 Å². The first-order valence-electron chi connectivity index (χ1n) is 7.04. The van der Waals surface area contributed by atoms with Crippen molar-refractivity contribution in [2.24, 2.45) is 0 Å². The summed E-state index contributed by atoms with van der Waals surface area (Å²) in [5.41, 5.74) is 0. The van der Waals surface area contributed by atoms with E-state index in [4.69, 9.17) is 9.84 Å². The maximum Gasteiger partial charge on any atom is 0.328 e. The number of morpholine rings is 1. The van der Waals surface area contributed by atoms with Gasteiger partial charge in [-0.05, 0) is 18.2 Å². The number of hydrogen-bond donors (Lipinski definition) is 1. The predicted octanol–water partition coefficient (Wildman–Crippen LogP) is 2.70. The van der Waals surface area contributed by atoms with Crippen molar-refractivity contribution >= 4 is 52.0 Å². The van der Waals surface area contributed by atoms with Gasteiger partial charge in [0, 0.05) is 41.3 Å². The van der Waals surface area contributed by atoms with Crippen LogP contribution in [0.4, 0.5) is 5.13 Å². The Bertz CT molecular complexity index is 730. The third kappa shape index (κ3) is 4.47. The van der Waals surface area contributed by atoms with E-state index in [9.17, 15) is 4.79 Å². The number of aromatic nitrogens is 2. The van der Waals surface area contributed by atoms with E-state index >= 15 is 0 Å². The van der Waals surface area contributed by atoms with E-state index in [-0.39, 0.29) is 0 Å². The molecule has 1 N–H and O–H groups in total. The van der Waals surface area contributed by atoms with Crippen molar-refractivity contribution in [1.29, 1.82) is 0 Å². The minimum absolute atomic E-state index is 0.747. The summed E-state index contributed by atoms with van der Waals surface area (Å²) in [5, 5.41) is 10.5. The summed E-state index contributed by atoms with van der Waals surface area (Å²) >= 11 is 3.08. The van der Waals surface area contributed by atoms with Gasteiger partial charge in [-0.2, -0.15) is 0 Å². The third-order valence-electron chi connectivity index (χ3n) is 3.11. The molecule has 1 aliphatic heterocycles. The van der Waals surface area contributed by atoms with Crippen molar-refractivity contribution in [1.82, 2.24) is 9.97 Å². The minimum Gasteiger partial charge on any atom is -0.478 e. The van der Waals surface area contributed by atoms with Gasteiger partial charge in [0.2, 0.25) is 0 Å². The highest BCUT2D eigenvalue weighted by Crippen LogP contribution is 2.25. The number of carboxylic acid groups (broad SMARTS) is 1. The number of aliphatic carboxylic acids is 1. The van der Waals surface area contributed by atoms with Crippen LogP contribution in [0.25, 0.3) is 18.2 Å². The van der Waals surface area contributed by atoms with Crippen LogP contribution in [0.1, 0.15) is 14.8 Å². The second-order valence-corrected chi connectivity index (χ2v) is 6.88. The molecule has 0 bridgehead atoms. The SMILES string of the molecule is O=C(O)C=Cc1cnc(C=Cc2cnc(N3CCOCC3)s2)s1. The molecule has 0 aromatic carbocycles. The Kier molecular flexibility index (Phi) is 5.16. The molecule has 3 heterocycles. The van der Waals surface area contributed by atoms with Gasteiger partial charge in [0.15, 0.2) is 5.13 Å². The maximum atomic E-state index is 10.5. The molecule has 120 valence electrons. The molecule has 8 heteroatoms. The smallest absolute Gasteiger partial charge is 0.328 e. The van der Waals surface area contributed by atoms with Crippen LogP contribution in [-0.2, 0) is 9.53 Å². The Balaban J connectivity index is 1.64. The highest BCUT2D eigenvalue weighted by atomic mass is 32.1. The summed E-state index contributed by atoms with van der Waals surface area (Å²) in [6.45, 7) is 3.25. The number of thiazole rings is 2. The fourth-order valence-corrected chi connectivity index (χ4v) is 3.61. The number of nitrogens with zero attached hydrogens (tertiary/aromatic N) is 3. The van der Waals surface area contributed by atoms with Crippen molar-refractivity contribution < 1.29 is 14.6 Å². The quantitative estimate of drug-likeness (QED) is 0.837. The van der Waals surface area contributed by atoms with E-state index < -0.39 is 5.97 Å². The summed E-state index contributed by atoms with van der Waals surface area (Å²) in [7, 11) is 0. The van der Waals surface area contributed by atoms with E-state index in [1.165, 1.54) is 11.3 Å². The third-order valence-corrected chi connectivity index (χ3v) is 5.07. The van der Waals surface area contributed by atoms with Crippen molar-refractivity contribution in [2.75, 3.05) is 31.2 Å². The standard InChI is InChI=1S/C15H15N3O3S2/c19-14(20)4-2-11-9-16-13(22-11)3-1-12-10-17-15(23-12)18-5-7-21-8-6-18/h1-4,9-10H,5-8H2,(H,19,20). The zero-order chi connectivity index (χ0) is 16.1. The average molecular weight is 349 g/mol. The second kappa shape index (κ2) is 7.49. The summed E-state index contributed by atoms with van der Waals surface area (Å²) in [6.07, 6.45) is 10.1. The summed E-state index contributed by atoms with van der Waals surface area (Å²) in [4.78, 5) is 23.3. The van der Waals surface area contributed by atoms with Gasteiger partial charge < -0.3 is 14.7 Å². The van der Waals surface area contributed by atoms with Crippen molar-refractivity contribution in [3.63, 3.8) is 0 Å². The molecule has 0 atom stereocenters. The van der Waals surface area contributed by atoms with E-state index in [0.29, 0.717) is 0 Å². The Hall–Kier alpha value is -2.03. The van der Waals surface area contributed by atoms with Crippen LogP contribution in [0.5, 0.6) is 0 Å². The van der Waals surface area contributed by atoms with Crippen LogP contribution in [0, 0.1) is 0 Å². The summed E-state index contributed by atoms with van der Waals surface area (Å²) in [5.74, 6) is -0.962. The Labute approximate surface area is 141 Å². The Morgan fingerprint density at radius 1 is 1.13 bits per heavy atom. The lowest BCUT2D eigenvalue weighted by atomic mass is 10.4. The molecular weight excluding hydrogens is 334 g/mol. The fraction of sp³-hybridized carbons (Fsp3) is 0.267. The van der Waals surface area contributed by atoms with Crippen LogP contribution < -0.4 is 4.90 Å². The molecular formula is C15H15N3O3S2. The highest BCUT2D eigenvalue weighted by Gasteiger charge is 2.13. The van der Waals surface area contributed by atoms with E-state index in [1.54, 1.807) is 23.6 Å². The molecule has 1 aliphatic rings. The molecule has 1 saturated heterocycles. The molecule has 0 spiro atoms. The number of hydrogen-bond acceptors (Lipinski definition) is 7. The minimum atomic E-state index is -0.962. The molecule has 0 unspecified atom stereocenters. The van der Waals surface area contributed by atoms with Gasteiger partial charge in [0.05, 0.1) is 13.2 Å². The number of rotatable bonds is 5. The number of carbonyl (C=O) groups is 1. The summed E-state index contributed by atoms with van der Waals surface area (Å²) < 4.78 is 5.34. The molecule has 0 saturated carbocycles. The van der Waals surface area contributed by atoms with Crippen LogP contribution in [0.15, 0.2) is 18.5 Å². The van der Waals surface area contributed by atoms with E-state index in [1.807, 2.05) is 18.3 Å². The average Bonchev–Trinajstić information content (AvgIpc) is 3.21. The van der Waals surface area contributed by atoms with Crippen LogP contribution in [-0.4, -0.2) is 47.3 Å². The van der Waals surface area contributed by atoms with Gasteiger partial charge in [-0.3, -0.25) is 0 Å². The highest BCUT2D eigenvalue weighted by molar-refractivity contribution is 7.16. The van der Waals surface area contributed by atoms with Crippen molar-refractivity contribution in [2.45, 2.75) is 0 Å². The van der Waals surface area contributed by atoms with Crippen LogP contribution in [0.2, 0.25) is 0 Å². The van der Waals surface area contributed by atoms with Gasteiger partial charge >= 0.3 is 5.97 Å². The normalized spacial score (nSPS) is 15.7. The number of anilines is 1. The molecule has 2 aromatic heterocycles. The first-order chi connectivity index (χ1) is 11.2. The van der Waals surface area contributed by atoms with Gasteiger partial charge in [-0.1, -0.05) is 11.3 Å². The van der Waals surface area contributed by atoms with E-state index in [2.05, 4.69) is 14.9 Å². The van der Waals surface area contributed by atoms with Crippen LogP contribution in [0.3, 0.4) is 0 Å².